The Balaban J connectivity index is 1.48. The van der Waals surface area contributed by atoms with Crippen LogP contribution in [0.4, 0.5) is 0 Å². The zero-order valence-electron chi connectivity index (χ0n) is 15.2. The predicted octanol–water partition coefficient (Wildman–Crippen LogP) is 3.14. The van der Waals surface area contributed by atoms with Crippen molar-refractivity contribution in [3.05, 3.63) is 30.2 Å². The Bertz CT molecular complexity index is 671. The standard InChI is InChI=1S/C19H30N6/c1-2-20-19(21-13-8-11-16-9-4-3-5-10-16)22-15-18-24-23-17-12-6-7-14-25(17)18/h6-7,12,14,16H,2-5,8-11,13,15H2,1H3,(H2,20,21,22). The van der Waals surface area contributed by atoms with Crippen molar-refractivity contribution < 1.29 is 0 Å². The van der Waals surface area contributed by atoms with Gasteiger partial charge in [0.15, 0.2) is 17.4 Å². The fraction of sp³-hybridized carbons (Fsp3) is 0.632. The van der Waals surface area contributed by atoms with Gasteiger partial charge in [0.05, 0.1) is 0 Å². The lowest BCUT2D eigenvalue weighted by atomic mass is 9.86. The summed E-state index contributed by atoms with van der Waals surface area (Å²) in [7, 11) is 0. The summed E-state index contributed by atoms with van der Waals surface area (Å²) in [5, 5.41) is 15.2. The van der Waals surface area contributed by atoms with Gasteiger partial charge in [-0.1, -0.05) is 38.2 Å². The highest BCUT2D eigenvalue weighted by molar-refractivity contribution is 5.79. The van der Waals surface area contributed by atoms with Crippen molar-refractivity contribution in [2.45, 2.75) is 58.4 Å². The zero-order chi connectivity index (χ0) is 17.3. The quantitative estimate of drug-likeness (QED) is 0.461. The molecule has 0 unspecified atom stereocenters. The topological polar surface area (TPSA) is 66.6 Å². The SMILES string of the molecule is CCNC(=NCc1nnc2ccccn12)NCCCC1CCCCC1. The van der Waals surface area contributed by atoms with Gasteiger partial charge in [-0.15, -0.1) is 10.2 Å². The molecule has 3 rings (SSSR count). The Morgan fingerprint density at radius 3 is 2.92 bits per heavy atom. The molecule has 2 aromatic heterocycles. The molecular weight excluding hydrogens is 312 g/mol. The van der Waals surface area contributed by atoms with E-state index in [2.05, 4.69) is 32.7 Å². The third kappa shape index (κ3) is 5.18. The van der Waals surface area contributed by atoms with Crippen LogP contribution in [0.15, 0.2) is 29.4 Å². The molecule has 6 heteroatoms. The molecule has 0 radical (unpaired) electrons. The first-order valence-corrected chi connectivity index (χ1v) is 9.67. The van der Waals surface area contributed by atoms with Gasteiger partial charge in [-0.3, -0.25) is 4.40 Å². The van der Waals surface area contributed by atoms with Crippen LogP contribution >= 0.6 is 0 Å². The van der Waals surface area contributed by atoms with Gasteiger partial charge in [-0.05, 0) is 37.8 Å². The number of nitrogens with zero attached hydrogens (tertiary/aromatic N) is 4. The Labute approximate surface area is 150 Å². The van der Waals surface area contributed by atoms with E-state index in [9.17, 15) is 0 Å². The summed E-state index contributed by atoms with van der Waals surface area (Å²) in [6.45, 7) is 4.44. The summed E-state index contributed by atoms with van der Waals surface area (Å²) in [6, 6.07) is 5.90. The summed E-state index contributed by atoms with van der Waals surface area (Å²) in [5.74, 6) is 2.66. The Hall–Kier alpha value is -2.11. The van der Waals surface area contributed by atoms with Crippen LogP contribution in [0.1, 0.15) is 57.7 Å². The van der Waals surface area contributed by atoms with Gasteiger partial charge in [0.1, 0.15) is 6.54 Å². The smallest absolute Gasteiger partial charge is 0.191 e. The van der Waals surface area contributed by atoms with Gasteiger partial charge in [0.2, 0.25) is 0 Å². The lowest BCUT2D eigenvalue weighted by Crippen LogP contribution is -2.37. The van der Waals surface area contributed by atoms with Crippen LogP contribution in [0.2, 0.25) is 0 Å². The number of nitrogens with one attached hydrogen (secondary N) is 2. The van der Waals surface area contributed by atoms with Crippen LogP contribution in [0.5, 0.6) is 0 Å². The molecule has 6 nitrogen and oxygen atoms in total. The molecule has 2 heterocycles. The number of rotatable bonds is 7. The minimum Gasteiger partial charge on any atom is -0.357 e. The summed E-state index contributed by atoms with van der Waals surface area (Å²) >= 11 is 0. The monoisotopic (exact) mass is 342 g/mol. The maximum Gasteiger partial charge on any atom is 0.191 e. The van der Waals surface area contributed by atoms with Gasteiger partial charge in [-0.2, -0.15) is 0 Å². The maximum absolute atomic E-state index is 4.66. The van der Waals surface area contributed by atoms with Crippen molar-refractivity contribution in [3.8, 4) is 0 Å². The van der Waals surface area contributed by atoms with Gasteiger partial charge in [0.25, 0.3) is 0 Å². The molecule has 1 aliphatic carbocycles. The van der Waals surface area contributed by atoms with E-state index in [0.29, 0.717) is 6.54 Å². The normalized spacial score (nSPS) is 16.3. The Kier molecular flexibility index (Phi) is 6.65. The third-order valence-corrected chi connectivity index (χ3v) is 4.91. The molecule has 2 N–H and O–H groups in total. The van der Waals surface area contributed by atoms with Crippen LogP contribution in [0.3, 0.4) is 0 Å². The molecular formula is C19H30N6. The molecule has 2 aromatic rings. The fourth-order valence-corrected chi connectivity index (χ4v) is 3.56. The molecule has 1 aliphatic rings. The first-order chi connectivity index (χ1) is 12.4. The molecule has 0 aromatic carbocycles. The lowest BCUT2D eigenvalue weighted by molar-refractivity contribution is 0.332. The summed E-state index contributed by atoms with van der Waals surface area (Å²) in [5.41, 5.74) is 0.859. The minimum atomic E-state index is 0.517. The highest BCUT2D eigenvalue weighted by Crippen LogP contribution is 2.26. The van der Waals surface area contributed by atoms with Gasteiger partial charge in [-0.25, -0.2) is 4.99 Å². The highest BCUT2D eigenvalue weighted by atomic mass is 15.3. The number of guanidine groups is 1. The fourth-order valence-electron chi connectivity index (χ4n) is 3.56. The van der Waals surface area contributed by atoms with Crippen molar-refractivity contribution in [1.29, 1.82) is 0 Å². The number of hydrogen-bond acceptors (Lipinski definition) is 3. The van der Waals surface area contributed by atoms with Crippen molar-refractivity contribution >= 4 is 11.6 Å². The number of hydrogen-bond donors (Lipinski definition) is 2. The van der Waals surface area contributed by atoms with Crippen molar-refractivity contribution in [3.63, 3.8) is 0 Å². The van der Waals surface area contributed by atoms with E-state index in [1.54, 1.807) is 0 Å². The van der Waals surface area contributed by atoms with Crippen LogP contribution in [-0.4, -0.2) is 33.6 Å². The molecule has 136 valence electrons. The minimum absolute atomic E-state index is 0.517. The summed E-state index contributed by atoms with van der Waals surface area (Å²) in [4.78, 5) is 4.66. The maximum atomic E-state index is 4.66. The number of fused-ring (bicyclic) bond motifs is 1. The second-order valence-electron chi connectivity index (χ2n) is 6.81. The van der Waals surface area contributed by atoms with Gasteiger partial charge in [0, 0.05) is 19.3 Å². The summed E-state index contributed by atoms with van der Waals surface area (Å²) in [6.07, 6.45) is 11.7. The molecule has 0 aliphatic heterocycles. The van der Waals surface area contributed by atoms with Crippen molar-refractivity contribution in [2.75, 3.05) is 13.1 Å². The molecule has 1 fully saturated rings. The lowest BCUT2D eigenvalue weighted by Gasteiger charge is -2.21. The van der Waals surface area contributed by atoms with Crippen LogP contribution in [0, 0.1) is 5.92 Å². The molecule has 25 heavy (non-hydrogen) atoms. The zero-order valence-corrected chi connectivity index (χ0v) is 15.2. The number of aromatic nitrogens is 3. The van der Waals surface area contributed by atoms with E-state index in [1.807, 2.05) is 28.8 Å². The molecule has 0 saturated heterocycles. The average molecular weight is 342 g/mol. The van der Waals surface area contributed by atoms with E-state index in [0.717, 1.165) is 36.4 Å². The van der Waals surface area contributed by atoms with E-state index in [4.69, 9.17) is 0 Å². The molecule has 0 spiro atoms. The van der Waals surface area contributed by atoms with Crippen molar-refractivity contribution in [2.24, 2.45) is 10.9 Å². The number of pyridine rings is 1. The second kappa shape index (κ2) is 9.39. The first kappa shape index (κ1) is 17.7. The summed E-state index contributed by atoms with van der Waals surface area (Å²) < 4.78 is 1.98. The van der Waals surface area contributed by atoms with E-state index in [1.165, 1.54) is 44.9 Å². The average Bonchev–Trinajstić information content (AvgIpc) is 3.07. The molecule has 1 saturated carbocycles. The second-order valence-corrected chi connectivity index (χ2v) is 6.81. The largest absolute Gasteiger partial charge is 0.357 e. The molecule has 0 atom stereocenters. The third-order valence-electron chi connectivity index (χ3n) is 4.91. The predicted molar refractivity (Wildman–Crippen MR) is 102 cm³/mol. The Morgan fingerprint density at radius 2 is 2.08 bits per heavy atom. The first-order valence-electron chi connectivity index (χ1n) is 9.67. The van der Waals surface area contributed by atoms with Crippen LogP contribution < -0.4 is 10.6 Å². The highest BCUT2D eigenvalue weighted by Gasteiger charge is 2.12. The van der Waals surface area contributed by atoms with Crippen LogP contribution in [0.25, 0.3) is 5.65 Å². The molecule has 0 bridgehead atoms. The van der Waals surface area contributed by atoms with E-state index >= 15 is 0 Å². The van der Waals surface area contributed by atoms with Gasteiger partial charge < -0.3 is 10.6 Å². The van der Waals surface area contributed by atoms with Gasteiger partial charge >= 0.3 is 0 Å². The number of aliphatic imine (C=N–C) groups is 1. The molecule has 0 amide bonds. The van der Waals surface area contributed by atoms with E-state index < -0.39 is 0 Å². The Morgan fingerprint density at radius 1 is 1.20 bits per heavy atom. The van der Waals surface area contributed by atoms with E-state index in [-0.39, 0.29) is 0 Å². The van der Waals surface area contributed by atoms with Crippen LogP contribution in [-0.2, 0) is 6.54 Å². The van der Waals surface area contributed by atoms with Crippen molar-refractivity contribution in [1.82, 2.24) is 25.2 Å².